The summed E-state index contributed by atoms with van der Waals surface area (Å²) in [6, 6.07) is 10.4. The van der Waals surface area contributed by atoms with Crippen molar-refractivity contribution in [2.75, 3.05) is 19.4 Å². The first-order valence-corrected chi connectivity index (χ1v) is 6.47. The van der Waals surface area contributed by atoms with Gasteiger partial charge in [-0.05, 0) is 30.3 Å². The van der Waals surface area contributed by atoms with Gasteiger partial charge in [-0.15, -0.1) is 0 Å². The first-order chi connectivity index (χ1) is 9.97. The average molecular weight is 290 g/mol. The van der Waals surface area contributed by atoms with Gasteiger partial charge in [-0.1, -0.05) is 6.07 Å². The summed E-state index contributed by atoms with van der Waals surface area (Å²) in [4.78, 5) is 13.2. The molecule has 2 rings (SSSR count). The zero-order chi connectivity index (χ0) is 15.4. The maximum absolute atomic E-state index is 13.5. The number of anilines is 1. The second kappa shape index (κ2) is 6.35. The van der Waals surface area contributed by atoms with Crippen LogP contribution in [-0.2, 0) is 6.54 Å². The molecule has 1 N–H and O–H groups in total. The third kappa shape index (κ3) is 3.78. The second-order valence-electron chi connectivity index (χ2n) is 4.87. The molecule has 2 aromatic rings. The van der Waals surface area contributed by atoms with Crippen LogP contribution < -0.4 is 5.32 Å². The van der Waals surface area contributed by atoms with E-state index in [1.807, 2.05) is 0 Å². The first kappa shape index (κ1) is 15.0. The quantitative estimate of drug-likeness (QED) is 0.937. The maximum Gasteiger partial charge on any atom is 0.253 e. The summed E-state index contributed by atoms with van der Waals surface area (Å²) < 4.78 is 26.3. The lowest BCUT2D eigenvalue weighted by Gasteiger charge is -2.11. The van der Waals surface area contributed by atoms with Crippen LogP contribution in [0.5, 0.6) is 0 Å². The highest BCUT2D eigenvalue weighted by Gasteiger charge is 2.07. The molecule has 0 atom stereocenters. The van der Waals surface area contributed by atoms with Crippen molar-refractivity contribution in [3.8, 4) is 0 Å². The molecular weight excluding hydrogens is 274 g/mol. The maximum atomic E-state index is 13.5. The largest absolute Gasteiger partial charge is 0.381 e. The molecule has 0 aliphatic rings. The number of carbonyl (C=O) groups is 1. The zero-order valence-corrected chi connectivity index (χ0v) is 11.9. The van der Waals surface area contributed by atoms with Crippen molar-refractivity contribution >= 4 is 11.6 Å². The van der Waals surface area contributed by atoms with Crippen LogP contribution >= 0.6 is 0 Å². The molecule has 0 saturated heterocycles. The normalized spacial score (nSPS) is 10.3. The monoisotopic (exact) mass is 290 g/mol. The standard InChI is InChI=1S/C16H16F2N2O/c1-20(2)16(21)11-4-7-14(8-5-11)19-10-12-3-6-13(17)9-15(12)18/h3-9,19H,10H2,1-2H3. The van der Waals surface area contributed by atoms with Crippen LogP contribution in [0.4, 0.5) is 14.5 Å². The van der Waals surface area contributed by atoms with Gasteiger partial charge in [0.1, 0.15) is 11.6 Å². The fraction of sp³-hybridized carbons (Fsp3) is 0.188. The van der Waals surface area contributed by atoms with Crippen LogP contribution in [0.25, 0.3) is 0 Å². The van der Waals surface area contributed by atoms with Gasteiger partial charge >= 0.3 is 0 Å². The van der Waals surface area contributed by atoms with Crippen molar-refractivity contribution in [1.29, 1.82) is 0 Å². The van der Waals surface area contributed by atoms with Gasteiger partial charge in [0.15, 0.2) is 0 Å². The highest BCUT2D eigenvalue weighted by molar-refractivity contribution is 5.94. The van der Waals surface area contributed by atoms with Crippen LogP contribution in [0.15, 0.2) is 42.5 Å². The van der Waals surface area contributed by atoms with Crippen molar-refractivity contribution < 1.29 is 13.6 Å². The predicted octanol–water partition coefficient (Wildman–Crippen LogP) is 3.28. The zero-order valence-electron chi connectivity index (χ0n) is 11.9. The Balaban J connectivity index is 2.02. The molecule has 5 heteroatoms. The van der Waals surface area contributed by atoms with E-state index in [2.05, 4.69) is 5.32 Å². The van der Waals surface area contributed by atoms with Crippen molar-refractivity contribution in [2.24, 2.45) is 0 Å². The number of hydrogen-bond donors (Lipinski definition) is 1. The van der Waals surface area contributed by atoms with Crippen LogP contribution in [0.2, 0.25) is 0 Å². The third-order valence-corrected chi connectivity index (χ3v) is 3.04. The molecule has 0 unspecified atom stereocenters. The molecule has 0 saturated carbocycles. The Hall–Kier alpha value is -2.43. The Kier molecular flexibility index (Phi) is 4.52. The molecular formula is C16H16F2N2O. The topological polar surface area (TPSA) is 32.3 Å². The number of halogens is 2. The number of nitrogens with zero attached hydrogens (tertiary/aromatic N) is 1. The van der Waals surface area contributed by atoms with Gasteiger partial charge < -0.3 is 10.2 Å². The summed E-state index contributed by atoms with van der Waals surface area (Å²) in [5.41, 5.74) is 1.72. The summed E-state index contributed by atoms with van der Waals surface area (Å²) in [5, 5.41) is 3.03. The molecule has 21 heavy (non-hydrogen) atoms. The van der Waals surface area contributed by atoms with E-state index in [0.29, 0.717) is 11.1 Å². The molecule has 0 fully saturated rings. The molecule has 110 valence electrons. The number of rotatable bonds is 4. The number of amides is 1. The van der Waals surface area contributed by atoms with Crippen molar-refractivity contribution in [3.63, 3.8) is 0 Å². The van der Waals surface area contributed by atoms with Gasteiger partial charge in [0, 0.05) is 43.5 Å². The van der Waals surface area contributed by atoms with Crippen LogP contribution in [0.1, 0.15) is 15.9 Å². The average Bonchev–Trinajstić information content (AvgIpc) is 2.46. The highest BCUT2D eigenvalue weighted by Crippen LogP contribution is 2.14. The van der Waals surface area contributed by atoms with E-state index in [1.165, 1.54) is 17.0 Å². The number of benzene rings is 2. The molecule has 0 aliphatic heterocycles. The molecule has 1 amide bonds. The highest BCUT2D eigenvalue weighted by atomic mass is 19.1. The smallest absolute Gasteiger partial charge is 0.253 e. The molecule has 0 radical (unpaired) electrons. The Labute approximate surface area is 122 Å². The lowest BCUT2D eigenvalue weighted by molar-refractivity contribution is 0.0827. The Morgan fingerprint density at radius 1 is 1.10 bits per heavy atom. The van der Waals surface area contributed by atoms with Gasteiger partial charge in [-0.25, -0.2) is 8.78 Å². The number of hydrogen-bond acceptors (Lipinski definition) is 2. The van der Waals surface area contributed by atoms with Gasteiger partial charge in [0.25, 0.3) is 5.91 Å². The van der Waals surface area contributed by atoms with E-state index < -0.39 is 11.6 Å². The summed E-state index contributed by atoms with van der Waals surface area (Å²) >= 11 is 0. The summed E-state index contributed by atoms with van der Waals surface area (Å²) in [6.45, 7) is 0.243. The third-order valence-electron chi connectivity index (χ3n) is 3.04. The lowest BCUT2D eigenvalue weighted by Crippen LogP contribution is -2.21. The van der Waals surface area contributed by atoms with E-state index in [0.717, 1.165) is 11.8 Å². The van der Waals surface area contributed by atoms with E-state index >= 15 is 0 Å². The van der Waals surface area contributed by atoms with Crippen LogP contribution in [-0.4, -0.2) is 24.9 Å². The van der Waals surface area contributed by atoms with Crippen molar-refractivity contribution in [1.82, 2.24) is 4.90 Å². The van der Waals surface area contributed by atoms with Gasteiger partial charge in [0.05, 0.1) is 0 Å². The second-order valence-corrected chi connectivity index (χ2v) is 4.87. The Morgan fingerprint density at radius 2 is 1.76 bits per heavy atom. The van der Waals surface area contributed by atoms with Gasteiger partial charge in [0.2, 0.25) is 0 Å². The van der Waals surface area contributed by atoms with E-state index in [-0.39, 0.29) is 12.5 Å². The summed E-state index contributed by atoms with van der Waals surface area (Å²) in [5.74, 6) is -1.25. The first-order valence-electron chi connectivity index (χ1n) is 6.47. The molecule has 0 aromatic heterocycles. The van der Waals surface area contributed by atoms with Crippen LogP contribution in [0, 0.1) is 11.6 Å². The molecule has 0 aliphatic carbocycles. The summed E-state index contributed by atoms with van der Waals surface area (Å²) in [6.07, 6.45) is 0. The molecule has 0 bridgehead atoms. The van der Waals surface area contributed by atoms with Crippen molar-refractivity contribution in [2.45, 2.75) is 6.54 Å². The van der Waals surface area contributed by atoms with Crippen molar-refractivity contribution in [3.05, 3.63) is 65.2 Å². The van der Waals surface area contributed by atoms with Gasteiger partial charge in [-0.3, -0.25) is 4.79 Å². The number of carbonyl (C=O) groups excluding carboxylic acids is 1. The summed E-state index contributed by atoms with van der Waals surface area (Å²) in [7, 11) is 3.37. The Bertz CT molecular complexity index is 639. The van der Waals surface area contributed by atoms with E-state index in [9.17, 15) is 13.6 Å². The van der Waals surface area contributed by atoms with E-state index in [4.69, 9.17) is 0 Å². The minimum atomic E-state index is -0.595. The van der Waals surface area contributed by atoms with E-state index in [1.54, 1.807) is 38.4 Å². The predicted molar refractivity (Wildman–Crippen MR) is 78.1 cm³/mol. The number of nitrogens with one attached hydrogen (secondary N) is 1. The Morgan fingerprint density at radius 3 is 2.33 bits per heavy atom. The van der Waals surface area contributed by atoms with Crippen LogP contribution in [0.3, 0.4) is 0 Å². The van der Waals surface area contributed by atoms with Gasteiger partial charge in [-0.2, -0.15) is 0 Å². The fourth-order valence-corrected chi connectivity index (χ4v) is 1.85. The lowest BCUT2D eigenvalue weighted by atomic mass is 10.1. The SMILES string of the molecule is CN(C)C(=O)c1ccc(NCc2ccc(F)cc2F)cc1. The minimum Gasteiger partial charge on any atom is -0.381 e. The molecule has 0 heterocycles. The molecule has 3 nitrogen and oxygen atoms in total. The minimum absolute atomic E-state index is 0.0777. The fourth-order valence-electron chi connectivity index (χ4n) is 1.85. The molecule has 0 spiro atoms. The molecule has 2 aromatic carbocycles.